The predicted molar refractivity (Wildman–Crippen MR) is 209 cm³/mol. The van der Waals surface area contributed by atoms with E-state index in [0.29, 0.717) is 5.92 Å². The fraction of sp³-hybridized carbons (Fsp3) is 0.0612. The Labute approximate surface area is 297 Å². The third-order valence-corrected chi connectivity index (χ3v) is 11.4. The molecular formula is C49H33NO. The summed E-state index contributed by atoms with van der Waals surface area (Å²) in [5.41, 5.74) is 16.6. The van der Waals surface area contributed by atoms with Crippen LogP contribution in [0.5, 0.6) is 0 Å². The summed E-state index contributed by atoms with van der Waals surface area (Å²) in [5, 5.41) is 2.30. The first kappa shape index (κ1) is 28.5. The molecule has 0 N–H and O–H groups in total. The first-order valence-electron chi connectivity index (χ1n) is 17.9. The van der Waals surface area contributed by atoms with Gasteiger partial charge in [0.1, 0.15) is 11.2 Å². The van der Waals surface area contributed by atoms with Gasteiger partial charge in [0, 0.05) is 33.8 Å². The lowest BCUT2D eigenvalue weighted by Crippen LogP contribution is -2.28. The topological polar surface area (TPSA) is 16.4 Å². The van der Waals surface area contributed by atoms with Crippen LogP contribution in [0.4, 0.5) is 11.4 Å². The number of anilines is 2. The molecule has 1 aromatic heterocycles. The zero-order valence-electron chi connectivity index (χ0n) is 28.0. The predicted octanol–water partition coefficient (Wildman–Crippen LogP) is 12.6. The van der Waals surface area contributed by atoms with Gasteiger partial charge >= 0.3 is 0 Å². The molecule has 51 heavy (non-hydrogen) atoms. The van der Waals surface area contributed by atoms with Gasteiger partial charge in [0.2, 0.25) is 0 Å². The van der Waals surface area contributed by atoms with Crippen molar-refractivity contribution in [1.29, 1.82) is 0 Å². The van der Waals surface area contributed by atoms with Crippen LogP contribution in [-0.4, -0.2) is 0 Å². The average molecular weight is 652 g/mol. The molecule has 1 aliphatic heterocycles. The zero-order valence-corrected chi connectivity index (χ0v) is 28.0. The van der Waals surface area contributed by atoms with Gasteiger partial charge in [0.25, 0.3) is 0 Å². The minimum Gasteiger partial charge on any atom is -0.456 e. The number of furan rings is 1. The summed E-state index contributed by atoms with van der Waals surface area (Å²) in [5.74, 6) is 0.347. The molecule has 2 nitrogen and oxygen atoms in total. The van der Waals surface area contributed by atoms with Gasteiger partial charge in [-0.3, -0.25) is 0 Å². The van der Waals surface area contributed by atoms with Gasteiger partial charge in [-0.25, -0.2) is 0 Å². The highest BCUT2D eigenvalue weighted by atomic mass is 16.3. The molecule has 2 aliphatic carbocycles. The number of benzene rings is 7. The van der Waals surface area contributed by atoms with Crippen molar-refractivity contribution in [2.24, 2.45) is 0 Å². The van der Waals surface area contributed by atoms with Gasteiger partial charge in [-0.05, 0) is 105 Å². The summed E-state index contributed by atoms with van der Waals surface area (Å²) >= 11 is 0. The Hall–Kier alpha value is -6.38. The Morgan fingerprint density at radius 3 is 2.00 bits per heavy atom. The monoisotopic (exact) mass is 651 g/mol. The first-order chi connectivity index (χ1) is 25.3. The molecule has 1 atom stereocenters. The van der Waals surface area contributed by atoms with E-state index in [-0.39, 0.29) is 0 Å². The standard InChI is InChI=1S/C49H33NO/c1-4-14-34(15-5-1)49(35-16-6-2-7-17-35)43-22-12-10-20-37(43)41-30-42-40-27-25-33(29-47(40)51-48(42)31-44(41)49)32-24-26-39-38-21-11-13-23-45(38)50(46(39)28-32)36-18-8-3-9-19-36/h1-25,27-31,39H,26H2. The normalized spacial score (nSPS) is 16.7. The highest BCUT2D eigenvalue weighted by Gasteiger charge is 2.46. The van der Waals surface area contributed by atoms with Crippen LogP contribution >= 0.6 is 0 Å². The van der Waals surface area contributed by atoms with Crippen molar-refractivity contribution < 1.29 is 4.42 Å². The van der Waals surface area contributed by atoms with Crippen LogP contribution in [0.2, 0.25) is 0 Å². The summed E-state index contributed by atoms with van der Waals surface area (Å²) < 4.78 is 6.84. The highest BCUT2D eigenvalue weighted by Crippen LogP contribution is 2.57. The van der Waals surface area contributed by atoms with Crippen LogP contribution < -0.4 is 4.90 Å². The van der Waals surface area contributed by atoms with E-state index in [1.165, 1.54) is 67.2 Å². The lowest BCUT2D eigenvalue weighted by molar-refractivity contribution is 0.666. The highest BCUT2D eigenvalue weighted by molar-refractivity contribution is 6.09. The smallest absolute Gasteiger partial charge is 0.136 e. The maximum Gasteiger partial charge on any atom is 0.136 e. The van der Waals surface area contributed by atoms with Crippen LogP contribution in [0.3, 0.4) is 0 Å². The minimum atomic E-state index is -0.452. The molecule has 11 rings (SSSR count). The molecule has 240 valence electrons. The van der Waals surface area contributed by atoms with Crippen LogP contribution in [0.1, 0.15) is 45.7 Å². The molecular weight excluding hydrogens is 619 g/mol. The van der Waals surface area contributed by atoms with E-state index in [9.17, 15) is 0 Å². The second-order valence-corrected chi connectivity index (χ2v) is 14.0. The van der Waals surface area contributed by atoms with Gasteiger partial charge in [0.15, 0.2) is 0 Å². The number of hydrogen-bond acceptors (Lipinski definition) is 2. The number of para-hydroxylation sites is 2. The van der Waals surface area contributed by atoms with Gasteiger partial charge < -0.3 is 9.32 Å². The molecule has 0 bridgehead atoms. The molecule has 0 saturated heterocycles. The number of allylic oxidation sites excluding steroid dienone is 4. The van der Waals surface area contributed by atoms with Crippen molar-refractivity contribution in [3.63, 3.8) is 0 Å². The van der Waals surface area contributed by atoms with Crippen molar-refractivity contribution in [2.45, 2.75) is 17.8 Å². The van der Waals surface area contributed by atoms with E-state index in [0.717, 1.165) is 28.4 Å². The lowest BCUT2D eigenvalue weighted by atomic mass is 9.67. The van der Waals surface area contributed by atoms with E-state index in [4.69, 9.17) is 4.42 Å². The molecule has 8 aromatic rings. The van der Waals surface area contributed by atoms with Crippen LogP contribution in [0.25, 0.3) is 38.6 Å². The largest absolute Gasteiger partial charge is 0.456 e. The number of nitrogens with zero attached hydrogens (tertiary/aromatic N) is 1. The number of fused-ring (bicyclic) bond motifs is 9. The van der Waals surface area contributed by atoms with Gasteiger partial charge in [-0.1, -0.05) is 133 Å². The minimum absolute atomic E-state index is 0.347. The van der Waals surface area contributed by atoms with E-state index in [1.807, 2.05) is 0 Å². The molecule has 2 heteroatoms. The van der Waals surface area contributed by atoms with Crippen molar-refractivity contribution in [1.82, 2.24) is 0 Å². The van der Waals surface area contributed by atoms with Crippen LogP contribution in [0, 0.1) is 0 Å². The maximum absolute atomic E-state index is 6.84. The van der Waals surface area contributed by atoms with Crippen molar-refractivity contribution in [3.8, 4) is 11.1 Å². The van der Waals surface area contributed by atoms with E-state index in [2.05, 4.69) is 187 Å². The molecule has 0 spiro atoms. The van der Waals surface area contributed by atoms with Crippen molar-refractivity contribution in [2.75, 3.05) is 4.90 Å². The Bertz CT molecular complexity index is 2680. The molecule has 0 radical (unpaired) electrons. The van der Waals surface area contributed by atoms with Gasteiger partial charge in [0.05, 0.1) is 5.41 Å². The van der Waals surface area contributed by atoms with Gasteiger partial charge in [-0.2, -0.15) is 0 Å². The zero-order chi connectivity index (χ0) is 33.5. The Morgan fingerprint density at radius 1 is 0.549 bits per heavy atom. The molecule has 2 heterocycles. The second kappa shape index (κ2) is 10.8. The van der Waals surface area contributed by atoms with E-state index in [1.54, 1.807) is 0 Å². The van der Waals surface area contributed by atoms with Crippen molar-refractivity contribution in [3.05, 3.63) is 221 Å². The lowest BCUT2D eigenvalue weighted by Gasteiger charge is -2.33. The summed E-state index contributed by atoms with van der Waals surface area (Å²) in [7, 11) is 0. The Kier molecular flexibility index (Phi) is 6.03. The SMILES string of the molecule is C1=C(c2ccc3c(c2)oc2cc4c(cc23)-c2ccccc2C4(c2ccccc2)c2ccccc2)C=C2C(C1)c1ccccc1N2c1ccccc1. The summed E-state index contributed by atoms with van der Waals surface area (Å²) in [6.45, 7) is 0. The fourth-order valence-corrected chi connectivity index (χ4v) is 9.27. The average Bonchev–Trinajstić information content (AvgIpc) is 3.83. The van der Waals surface area contributed by atoms with E-state index < -0.39 is 5.41 Å². The number of rotatable bonds is 4. The Morgan fingerprint density at radius 2 is 1.22 bits per heavy atom. The summed E-state index contributed by atoms with van der Waals surface area (Å²) in [4.78, 5) is 2.44. The second-order valence-electron chi connectivity index (χ2n) is 14.0. The third kappa shape index (κ3) is 3.99. The van der Waals surface area contributed by atoms with E-state index >= 15 is 0 Å². The molecule has 7 aromatic carbocycles. The van der Waals surface area contributed by atoms with Crippen LogP contribution in [0.15, 0.2) is 192 Å². The van der Waals surface area contributed by atoms with Gasteiger partial charge in [-0.15, -0.1) is 0 Å². The summed E-state index contributed by atoms with van der Waals surface area (Å²) in [6.07, 6.45) is 5.76. The Balaban J connectivity index is 1.07. The first-order valence-corrected chi connectivity index (χ1v) is 17.9. The molecule has 0 fully saturated rings. The molecule has 1 unspecified atom stereocenters. The number of hydrogen-bond donors (Lipinski definition) is 0. The van der Waals surface area contributed by atoms with Crippen molar-refractivity contribution >= 4 is 38.9 Å². The molecule has 3 aliphatic rings. The van der Waals surface area contributed by atoms with Crippen LogP contribution in [-0.2, 0) is 5.41 Å². The quantitative estimate of drug-likeness (QED) is 0.188. The third-order valence-electron chi connectivity index (χ3n) is 11.4. The fourth-order valence-electron chi connectivity index (χ4n) is 9.27. The maximum atomic E-state index is 6.84. The molecule has 0 saturated carbocycles. The molecule has 0 amide bonds. The summed E-state index contributed by atoms with van der Waals surface area (Å²) in [6, 6.07) is 61.9.